The summed E-state index contributed by atoms with van der Waals surface area (Å²) in [6, 6.07) is 11.3. The van der Waals surface area contributed by atoms with E-state index in [1.807, 2.05) is 6.08 Å². The van der Waals surface area contributed by atoms with Crippen molar-refractivity contribution >= 4 is 35.0 Å². The van der Waals surface area contributed by atoms with Gasteiger partial charge >= 0.3 is 0 Å². The van der Waals surface area contributed by atoms with Crippen LogP contribution in [0.4, 0.5) is 0 Å². The Morgan fingerprint density at radius 2 is 1.92 bits per heavy atom. The van der Waals surface area contributed by atoms with Gasteiger partial charge in [0.15, 0.2) is 5.41 Å². The maximum atomic E-state index is 9.90. The predicted octanol–water partition coefficient (Wildman–Crippen LogP) is 4.15. The molecule has 124 valence electrons. The molecule has 0 saturated heterocycles. The van der Waals surface area contributed by atoms with Crippen LogP contribution in [0.25, 0.3) is 0 Å². The van der Waals surface area contributed by atoms with Gasteiger partial charge in [0.1, 0.15) is 6.07 Å². The van der Waals surface area contributed by atoms with Crippen LogP contribution in [0, 0.1) is 45.3 Å². The first kappa shape index (κ1) is 17.7. The lowest BCUT2D eigenvalue weighted by atomic mass is 9.59. The summed E-state index contributed by atoms with van der Waals surface area (Å²) in [4.78, 5) is 0. The lowest BCUT2D eigenvalue weighted by Crippen LogP contribution is -2.43. The van der Waals surface area contributed by atoms with Crippen LogP contribution in [0.5, 0.6) is 0 Å². The molecular formula is C18H12Cl2N4S. The van der Waals surface area contributed by atoms with Gasteiger partial charge in [-0.05, 0) is 23.3 Å². The van der Waals surface area contributed by atoms with Crippen molar-refractivity contribution in [1.82, 2.24) is 0 Å². The molecule has 2 unspecified atom stereocenters. The van der Waals surface area contributed by atoms with E-state index in [1.165, 1.54) is 0 Å². The third-order valence-corrected chi connectivity index (χ3v) is 6.29. The third kappa shape index (κ3) is 2.59. The molecule has 25 heavy (non-hydrogen) atoms. The van der Waals surface area contributed by atoms with Crippen molar-refractivity contribution in [2.75, 3.05) is 11.5 Å². The Labute approximate surface area is 160 Å². The average molecular weight is 387 g/mol. The highest BCUT2D eigenvalue weighted by Crippen LogP contribution is 2.56. The van der Waals surface area contributed by atoms with Crippen molar-refractivity contribution in [2.45, 2.75) is 5.92 Å². The van der Waals surface area contributed by atoms with Crippen molar-refractivity contribution in [3.05, 3.63) is 56.7 Å². The molecule has 0 amide bonds. The number of hydrogen-bond donors (Lipinski definition) is 1. The molecular weight excluding hydrogens is 375 g/mol. The van der Waals surface area contributed by atoms with E-state index in [2.05, 4.69) is 18.2 Å². The molecule has 0 saturated carbocycles. The Balaban J connectivity index is 2.36. The molecule has 2 aliphatic rings. The summed E-state index contributed by atoms with van der Waals surface area (Å²) in [7, 11) is 0. The fourth-order valence-corrected chi connectivity index (χ4v) is 5.17. The number of hydrogen-bond acceptors (Lipinski definition) is 5. The number of halogens is 2. The number of nitriles is 3. The molecule has 2 atom stereocenters. The first-order valence-corrected chi connectivity index (χ1v) is 9.37. The van der Waals surface area contributed by atoms with E-state index in [-0.39, 0.29) is 17.2 Å². The van der Waals surface area contributed by atoms with Crippen LogP contribution < -0.4 is 5.73 Å². The summed E-state index contributed by atoms with van der Waals surface area (Å²) >= 11 is 14.1. The molecule has 1 heterocycles. The molecule has 0 fully saturated rings. The monoisotopic (exact) mass is 386 g/mol. The fourth-order valence-electron chi connectivity index (χ4n) is 3.58. The summed E-state index contributed by atoms with van der Waals surface area (Å²) in [6.45, 7) is 0. The van der Waals surface area contributed by atoms with Gasteiger partial charge < -0.3 is 5.73 Å². The molecule has 4 nitrogen and oxygen atoms in total. The average Bonchev–Trinajstić information content (AvgIpc) is 2.62. The molecule has 1 aliphatic carbocycles. The Hall–Kier alpha value is -2.10. The van der Waals surface area contributed by atoms with Crippen molar-refractivity contribution in [1.29, 1.82) is 15.8 Å². The van der Waals surface area contributed by atoms with Gasteiger partial charge in [-0.1, -0.05) is 35.3 Å². The van der Waals surface area contributed by atoms with E-state index >= 15 is 0 Å². The van der Waals surface area contributed by atoms with Crippen LogP contribution >= 0.6 is 35.0 Å². The molecule has 1 aliphatic heterocycles. The maximum Gasteiger partial charge on any atom is 0.191 e. The van der Waals surface area contributed by atoms with Crippen molar-refractivity contribution in [3.8, 4) is 18.2 Å². The fraction of sp³-hybridized carbons (Fsp3) is 0.278. The highest BCUT2D eigenvalue weighted by molar-refractivity contribution is 7.99. The summed E-state index contributed by atoms with van der Waals surface area (Å²) in [5, 5.41) is 30.2. The van der Waals surface area contributed by atoms with Crippen LogP contribution in [-0.4, -0.2) is 11.5 Å². The van der Waals surface area contributed by atoms with E-state index < -0.39 is 11.3 Å². The van der Waals surface area contributed by atoms with Gasteiger partial charge in [0.2, 0.25) is 0 Å². The molecule has 0 radical (unpaired) electrons. The number of nitrogens with two attached hydrogens (primary N) is 1. The van der Waals surface area contributed by atoms with Gasteiger partial charge in [-0.2, -0.15) is 27.5 Å². The van der Waals surface area contributed by atoms with Crippen molar-refractivity contribution in [2.24, 2.45) is 17.1 Å². The van der Waals surface area contributed by atoms with Crippen LogP contribution in [0.3, 0.4) is 0 Å². The summed E-state index contributed by atoms with van der Waals surface area (Å²) < 4.78 is 0. The Morgan fingerprint density at radius 3 is 2.52 bits per heavy atom. The quantitative estimate of drug-likeness (QED) is 0.781. The molecule has 1 aromatic rings. The zero-order valence-electron chi connectivity index (χ0n) is 13.0. The SMILES string of the molecule is N#CC1=C(N)C(C#N)(C#N)C(c2ccc(Cl)cc2Cl)C2CSCC=C12. The first-order chi connectivity index (χ1) is 12.0. The maximum absolute atomic E-state index is 9.90. The number of benzene rings is 1. The lowest BCUT2D eigenvalue weighted by molar-refractivity contribution is 0.368. The van der Waals surface area contributed by atoms with Crippen LogP contribution in [0.15, 0.2) is 41.1 Å². The van der Waals surface area contributed by atoms with E-state index in [9.17, 15) is 15.8 Å². The Kier molecular flexibility index (Phi) is 4.72. The third-order valence-electron chi connectivity index (χ3n) is 4.73. The number of nitrogens with zero attached hydrogens (tertiary/aromatic N) is 3. The highest BCUT2D eigenvalue weighted by Gasteiger charge is 2.54. The van der Waals surface area contributed by atoms with E-state index in [0.29, 0.717) is 21.4 Å². The molecule has 0 bridgehead atoms. The van der Waals surface area contributed by atoms with Gasteiger partial charge in [0, 0.05) is 33.4 Å². The molecule has 3 rings (SSSR count). The summed E-state index contributed by atoms with van der Waals surface area (Å²) in [5.41, 5.74) is 6.25. The number of rotatable bonds is 1. The van der Waals surface area contributed by atoms with E-state index in [0.717, 1.165) is 11.3 Å². The minimum Gasteiger partial charge on any atom is -0.399 e. The van der Waals surface area contributed by atoms with E-state index in [1.54, 1.807) is 30.0 Å². The normalized spacial score (nSPS) is 24.4. The predicted molar refractivity (Wildman–Crippen MR) is 98.6 cm³/mol. The number of thioether (sulfide) groups is 1. The topological polar surface area (TPSA) is 97.4 Å². The zero-order valence-corrected chi connectivity index (χ0v) is 15.3. The van der Waals surface area contributed by atoms with Gasteiger partial charge in [0.25, 0.3) is 0 Å². The Bertz CT molecular complexity index is 916. The van der Waals surface area contributed by atoms with Crippen molar-refractivity contribution < 1.29 is 0 Å². The summed E-state index contributed by atoms with van der Waals surface area (Å²) in [6.07, 6.45) is 1.96. The highest BCUT2D eigenvalue weighted by atomic mass is 35.5. The van der Waals surface area contributed by atoms with E-state index in [4.69, 9.17) is 28.9 Å². The molecule has 0 aromatic heterocycles. The molecule has 0 spiro atoms. The minimum atomic E-state index is -1.65. The lowest BCUT2D eigenvalue weighted by Gasteiger charge is -2.43. The van der Waals surface area contributed by atoms with Gasteiger partial charge in [0.05, 0.1) is 23.4 Å². The zero-order chi connectivity index (χ0) is 18.2. The van der Waals surface area contributed by atoms with Crippen LogP contribution in [-0.2, 0) is 0 Å². The molecule has 2 N–H and O–H groups in total. The standard InChI is InChI=1S/C18H12Cl2N4S/c19-10-1-2-12(15(20)5-10)16-14-7-25-4-3-11(14)13(6-21)17(24)18(16,8-22)9-23/h1-3,5,14,16H,4,7,24H2. The second kappa shape index (κ2) is 6.66. The molecule has 1 aromatic carbocycles. The molecule has 7 heteroatoms. The van der Waals surface area contributed by atoms with Gasteiger partial charge in [-0.25, -0.2) is 0 Å². The Morgan fingerprint density at radius 1 is 1.20 bits per heavy atom. The summed E-state index contributed by atoms with van der Waals surface area (Å²) in [5.74, 6) is 0.679. The number of allylic oxidation sites excluding steroid dienone is 3. The van der Waals surface area contributed by atoms with Crippen molar-refractivity contribution in [3.63, 3.8) is 0 Å². The number of fused-ring (bicyclic) bond motifs is 1. The van der Waals surface area contributed by atoms with Crippen LogP contribution in [0.1, 0.15) is 11.5 Å². The smallest absolute Gasteiger partial charge is 0.191 e. The minimum absolute atomic E-state index is 0.00502. The van der Waals surface area contributed by atoms with Crippen LogP contribution in [0.2, 0.25) is 10.0 Å². The first-order valence-electron chi connectivity index (χ1n) is 7.46. The second-order valence-electron chi connectivity index (χ2n) is 5.88. The van der Waals surface area contributed by atoms with Gasteiger partial charge in [-0.15, -0.1) is 0 Å². The van der Waals surface area contributed by atoms with Gasteiger partial charge in [-0.3, -0.25) is 0 Å². The largest absolute Gasteiger partial charge is 0.399 e. The second-order valence-corrected chi connectivity index (χ2v) is 7.80.